The fraction of sp³-hybridized carbons (Fsp3) is 0.133. The Balaban J connectivity index is 1.80. The molecule has 0 aromatic heterocycles. The van der Waals surface area contributed by atoms with Gasteiger partial charge in [0.05, 0.1) is 14.2 Å². The molecule has 0 amide bonds. The minimum absolute atomic E-state index is 0.106. The second-order valence-electron chi connectivity index (χ2n) is 8.11. The van der Waals surface area contributed by atoms with E-state index in [4.69, 9.17) is 19.5 Å². The van der Waals surface area contributed by atoms with Gasteiger partial charge in [0.25, 0.3) is 0 Å². The molecule has 0 radical (unpaired) electrons. The third kappa shape index (κ3) is 5.91. The number of phenolic OH excluding ortho intramolecular Hbond substituents is 2. The minimum atomic E-state index is -0.615. The summed E-state index contributed by atoms with van der Waals surface area (Å²) in [6.07, 6.45) is 3.48. The Kier molecular flexibility index (Phi) is 7.98. The number of ether oxygens (including phenoxy) is 2. The zero-order valence-corrected chi connectivity index (χ0v) is 20.2. The first-order valence-corrected chi connectivity index (χ1v) is 11.5. The molecule has 4 rings (SSSR count). The molecule has 0 saturated carbocycles. The first kappa shape index (κ1) is 24.5. The van der Waals surface area contributed by atoms with Crippen molar-refractivity contribution in [2.45, 2.75) is 12.1 Å². The van der Waals surface area contributed by atoms with Crippen LogP contribution in [0.2, 0.25) is 0 Å². The van der Waals surface area contributed by atoms with Crippen LogP contribution in [0.15, 0.2) is 107 Å². The van der Waals surface area contributed by atoms with Crippen molar-refractivity contribution in [3.8, 4) is 23.0 Å². The van der Waals surface area contributed by atoms with E-state index in [0.717, 1.165) is 22.6 Å². The van der Waals surface area contributed by atoms with E-state index in [1.54, 1.807) is 50.9 Å². The molecular weight excluding hydrogens is 452 g/mol. The van der Waals surface area contributed by atoms with E-state index in [-0.39, 0.29) is 11.5 Å². The predicted octanol–water partition coefficient (Wildman–Crippen LogP) is 6.14. The van der Waals surface area contributed by atoms with Gasteiger partial charge in [0.15, 0.2) is 0 Å². The molecule has 0 heterocycles. The van der Waals surface area contributed by atoms with Crippen LogP contribution in [0.5, 0.6) is 23.0 Å². The zero-order valence-electron chi connectivity index (χ0n) is 20.2. The Labute approximate surface area is 210 Å². The average Bonchev–Trinajstić information content (AvgIpc) is 2.92. The Morgan fingerprint density at radius 1 is 0.556 bits per heavy atom. The molecule has 4 aromatic rings. The number of rotatable bonds is 9. The summed E-state index contributed by atoms with van der Waals surface area (Å²) >= 11 is 0. The van der Waals surface area contributed by atoms with Gasteiger partial charge in [-0.2, -0.15) is 0 Å². The van der Waals surface area contributed by atoms with Gasteiger partial charge in [-0.25, -0.2) is 0 Å². The average molecular weight is 481 g/mol. The fourth-order valence-corrected chi connectivity index (χ4v) is 3.85. The molecule has 0 saturated heterocycles. The number of hydrogen-bond donors (Lipinski definition) is 2. The Morgan fingerprint density at radius 2 is 0.917 bits per heavy atom. The van der Waals surface area contributed by atoms with E-state index < -0.39 is 12.1 Å². The molecule has 36 heavy (non-hydrogen) atoms. The van der Waals surface area contributed by atoms with Gasteiger partial charge in [0.1, 0.15) is 35.1 Å². The van der Waals surface area contributed by atoms with Crippen LogP contribution in [-0.4, -0.2) is 36.9 Å². The van der Waals surface area contributed by atoms with E-state index in [9.17, 15) is 10.2 Å². The fourth-order valence-electron chi connectivity index (χ4n) is 3.85. The molecule has 2 N–H and O–H groups in total. The lowest BCUT2D eigenvalue weighted by Crippen LogP contribution is -2.10. The summed E-state index contributed by atoms with van der Waals surface area (Å²) in [6, 6.07) is 27.9. The number of para-hydroxylation sites is 2. The molecule has 0 unspecified atom stereocenters. The number of aromatic hydroxyl groups is 2. The van der Waals surface area contributed by atoms with Gasteiger partial charge in [0, 0.05) is 23.6 Å². The van der Waals surface area contributed by atoms with Gasteiger partial charge in [-0.3, -0.25) is 9.98 Å². The normalized spacial score (nSPS) is 13.1. The second-order valence-corrected chi connectivity index (χ2v) is 8.11. The second kappa shape index (κ2) is 11.7. The van der Waals surface area contributed by atoms with E-state index in [2.05, 4.69) is 0 Å². The lowest BCUT2D eigenvalue weighted by Gasteiger charge is -2.23. The van der Waals surface area contributed by atoms with Crippen LogP contribution in [0.1, 0.15) is 34.3 Å². The molecule has 0 aliphatic heterocycles. The largest absolute Gasteiger partial charge is 0.508 e. The molecule has 0 bridgehead atoms. The molecule has 4 aromatic carbocycles. The predicted molar refractivity (Wildman–Crippen MR) is 143 cm³/mol. The van der Waals surface area contributed by atoms with E-state index in [0.29, 0.717) is 11.1 Å². The summed E-state index contributed by atoms with van der Waals surface area (Å²) in [5, 5.41) is 21.5. The first-order chi connectivity index (χ1) is 17.6. The zero-order chi connectivity index (χ0) is 25.3. The van der Waals surface area contributed by atoms with E-state index in [1.165, 1.54) is 0 Å². The summed E-state index contributed by atoms with van der Waals surface area (Å²) in [4.78, 5) is 9.73. The SMILES string of the molecule is COc1ccc(C=N[C@H](c2ccccc2O)[C@@H](N=Cc2ccc(OC)cc2)c2ccccc2O)cc1. The van der Waals surface area contributed by atoms with Crippen LogP contribution in [0, 0.1) is 0 Å². The van der Waals surface area contributed by atoms with Crippen molar-refractivity contribution >= 4 is 12.4 Å². The van der Waals surface area contributed by atoms with Crippen molar-refractivity contribution in [1.29, 1.82) is 0 Å². The van der Waals surface area contributed by atoms with Gasteiger partial charge in [-0.15, -0.1) is 0 Å². The van der Waals surface area contributed by atoms with Gasteiger partial charge in [-0.1, -0.05) is 36.4 Å². The molecule has 2 atom stereocenters. The molecular formula is C30H28N2O4. The summed E-state index contributed by atoms with van der Waals surface area (Å²) in [5.41, 5.74) is 2.93. The summed E-state index contributed by atoms with van der Waals surface area (Å²) in [6.45, 7) is 0. The quantitative estimate of drug-likeness (QED) is 0.282. The van der Waals surface area contributed by atoms with Crippen LogP contribution in [0.25, 0.3) is 0 Å². The number of aliphatic imine (C=N–C) groups is 2. The molecule has 6 heteroatoms. The number of phenols is 2. The number of benzene rings is 4. The highest BCUT2D eigenvalue weighted by Crippen LogP contribution is 2.42. The molecule has 0 fully saturated rings. The highest BCUT2D eigenvalue weighted by Gasteiger charge is 2.27. The summed E-state index contributed by atoms with van der Waals surface area (Å²) < 4.78 is 10.5. The van der Waals surface area contributed by atoms with Crippen molar-refractivity contribution in [3.63, 3.8) is 0 Å². The van der Waals surface area contributed by atoms with Gasteiger partial charge < -0.3 is 19.7 Å². The van der Waals surface area contributed by atoms with Crippen LogP contribution >= 0.6 is 0 Å². The summed E-state index contributed by atoms with van der Waals surface area (Å²) in [7, 11) is 3.24. The maximum Gasteiger partial charge on any atom is 0.121 e. The highest BCUT2D eigenvalue weighted by atomic mass is 16.5. The number of hydrogen-bond acceptors (Lipinski definition) is 6. The standard InChI is InChI=1S/C30H28N2O4/c1-35-23-15-11-21(12-16-23)19-31-29(25-7-3-5-9-27(25)33)30(26-8-4-6-10-28(26)34)32-20-22-13-17-24(36-2)18-14-22/h3-20,29-30,33-34H,1-2H3/t29-,30+. The van der Waals surface area contributed by atoms with Crippen LogP contribution < -0.4 is 9.47 Å². The van der Waals surface area contributed by atoms with E-state index >= 15 is 0 Å². The Hall–Kier alpha value is -4.58. The van der Waals surface area contributed by atoms with Gasteiger partial charge >= 0.3 is 0 Å². The van der Waals surface area contributed by atoms with Crippen molar-refractivity contribution in [2.24, 2.45) is 9.98 Å². The topological polar surface area (TPSA) is 83.6 Å². The third-order valence-electron chi connectivity index (χ3n) is 5.81. The van der Waals surface area contributed by atoms with Crippen LogP contribution in [0.3, 0.4) is 0 Å². The van der Waals surface area contributed by atoms with Crippen molar-refractivity contribution in [2.75, 3.05) is 14.2 Å². The smallest absolute Gasteiger partial charge is 0.121 e. The maximum absolute atomic E-state index is 10.7. The third-order valence-corrected chi connectivity index (χ3v) is 5.81. The van der Waals surface area contributed by atoms with Crippen molar-refractivity contribution in [1.82, 2.24) is 0 Å². The molecule has 0 aliphatic carbocycles. The number of nitrogens with zero attached hydrogens (tertiary/aromatic N) is 2. The lowest BCUT2D eigenvalue weighted by molar-refractivity contribution is 0.414. The maximum atomic E-state index is 10.7. The highest BCUT2D eigenvalue weighted by molar-refractivity contribution is 5.81. The van der Waals surface area contributed by atoms with Crippen LogP contribution in [0.4, 0.5) is 0 Å². The minimum Gasteiger partial charge on any atom is -0.508 e. The van der Waals surface area contributed by atoms with Crippen molar-refractivity contribution in [3.05, 3.63) is 119 Å². The Morgan fingerprint density at radius 3 is 1.25 bits per heavy atom. The van der Waals surface area contributed by atoms with Crippen LogP contribution in [-0.2, 0) is 0 Å². The molecule has 0 spiro atoms. The molecule has 182 valence electrons. The van der Waals surface area contributed by atoms with Crippen molar-refractivity contribution < 1.29 is 19.7 Å². The Bertz CT molecular complexity index is 1230. The molecule has 6 nitrogen and oxygen atoms in total. The van der Waals surface area contributed by atoms with Gasteiger partial charge in [0.2, 0.25) is 0 Å². The van der Waals surface area contributed by atoms with Gasteiger partial charge in [-0.05, 0) is 71.8 Å². The monoisotopic (exact) mass is 480 g/mol. The number of methoxy groups -OCH3 is 2. The lowest BCUT2D eigenvalue weighted by atomic mass is 9.92. The first-order valence-electron chi connectivity index (χ1n) is 11.5. The summed E-state index contributed by atoms with van der Waals surface area (Å²) in [5.74, 6) is 1.71. The van der Waals surface area contributed by atoms with E-state index in [1.807, 2.05) is 72.8 Å². The molecule has 0 aliphatic rings.